The topological polar surface area (TPSA) is 85.4 Å². The maximum absolute atomic E-state index is 13.8. The lowest BCUT2D eigenvalue weighted by Gasteiger charge is -2.24. The van der Waals surface area contributed by atoms with E-state index in [1.165, 1.54) is 0 Å². The predicted octanol–water partition coefficient (Wildman–Crippen LogP) is 5.64. The Kier molecular flexibility index (Phi) is 8.16. The zero-order chi connectivity index (χ0) is 26.9. The molecule has 1 aliphatic rings. The number of ether oxygens (including phenoxy) is 1. The Bertz CT molecular complexity index is 1300. The van der Waals surface area contributed by atoms with Crippen LogP contribution in [0.4, 0.5) is 13.6 Å². The van der Waals surface area contributed by atoms with Gasteiger partial charge in [0, 0.05) is 22.5 Å². The molecule has 36 heavy (non-hydrogen) atoms. The minimum atomic E-state index is -3.41. The Balaban J connectivity index is 1.97. The van der Waals surface area contributed by atoms with Gasteiger partial charge in [-0.3, -0.25) is 0 Å². The van der Waals surface area contributed by atoms with Crippen molar-refractivity contribution in [3.05, 3.63) is 63.4 Å². The van der Waals surface area contributed by atoms with Crippen LogP contribution in [-0.4, -0.2) is 35.0 Å². The maximum atomic E-state index is 13.8. The fraction of sp³-hybridized carbons (Fsp3) is 0.462. The van der Waals surface area contributed by atoms with Crippen LogP contribution in [0.5, 0.6) is 0 Å². The highest BCUT2D eigenvalue weighted by Crippen LogP contribution is 2.36. The van der Waals surface area contributed by atoms with E-state index in [0.29, 0.717) is 17.3 Å². The van der Waals surface area contributed by atoms with Crippen LogP contribution in [0.1, 0.15) is 70.5 Å². The van der Waals surface area contributed by atoms with E-state index < -0.39 is 44.0 Å². The fourth-order valence-electron chi connectivity index (χ4n) is 3.44. The highest BCUT2D eigenvalue weighted by Gasteiger charge is 2.45. The minimum Gasteiger partial charge on any atom is -0.439 e. The summed E-state index contributed by atoms with van der Waals surface area (Å²) >= 11 is 3.41. The van der Waals surface area contributed by atoms with E-state index >= 15 is 0 Å². The predicted molar refractivity (Wildman–Crippen MR) is 137 cm³/mol. The molecule has 0 bridgehead atoms. The van der Waals surface area contributed by atoms with E-state index in [9.17, 15) is 22.0 Å². The first-order valence-electron chi connectivity index (χ1n) is 11.4. The number of alkyl carbamates (subject to hydrolysis) is 1. The molecule has 1 saturated carbocycles. The zero-order valence-electron chi connectivity index (χ0n) is 20.8. The summed E-state index contributed by atoms with van der Waals surface area (Å²) in [5.74, 6) is 4.14. The Morgan fingerprint density at radius 3 is 2.33 bits per heavy atom. The van der Waals surface area contributed by atoms with E-state index in [2.05, 4.69) is 38.1 Å². The largest absolute Gasteiger partial charge is 0.439 e. The average molecular weight is 583 g/mol. The molecule has 1 amide bonds. The van der Waals surface area contributed by atoms with E-state index in [1.807, 2.05) is 0 Å². The fourth-order valence-corrected chi connectivity index (χ4v) is 5.70. The van der Waals surface area contributed by atoms with Gasteiger partial charge in [-0.25, -0.2) is 27.0 Å². The van der Waals surface area contributed by atoms with Gasteiger partial charge in [0.1, 0.15) is 22.1 Å². The van der Waals surface area contributed by atoms with Crippen LogP contribution >= 0.6 is 15.9 Å². The summed E-state index contributed by atoms with van der Waals surface area (Å²) in [6, 6.07) is 6.33. The van der Waals surface area contributed by atoms with E-state index in [1.54, 1.807) is 46.8 Å². The smallest absolute Gasteiger partial charge is 0.408 e. The van der Waals surface area contributed by atoms with Gasteiger partial charge < -0.3 is 10.1 Å². The number of pyridine rings is 1. The van der Waals surface area contributed by atoms with Crippen LogP contribution < -0.4 is 5.32 Å². The standard InChI is InChI=1S/C26H29BrF2N2O4S/c1-25(2,3)31-24(32)35-22(14-16-12-17(28)15-18(29)13-16)23-21(27)9-6-19(30-23)10-11-26(4,5)36(33,34)20-7-8-20/h6,9,12-13,15,20,22H,7-8,14H2,1-5H3,(H,31,32)/t22-/m0/s1. The molecule has 2 aromatic rings. The minimum absolute atomic E-state index is 0.0592. The van der Waals surface area contributed by atoms with Gasteiger partial charge in [0.05, 0.1) is 10.9 Å². The number of nitrogens with one attached hydrogen (secondary N) is 1. The molecule has 0 saturated heterocycles. The maximum Gasteiger partial charge on any atom is 0.408 e. The summed E-state index contributed by atoms with van der Waals surface area (Å²) in [5, 5.41) is 2.33. The van der Waals surface area contributed by atoms with Crippen molar-refractivity contribution in [2.75, 3.05) is 0 Å². The van der Waals surface area contributed by atoms with E-state index in [4.69, 9.17) is 4.74 Å². The van der Waals surface area contributed by atoms with Crippen molar-refractivity contribution in [2.45, 2.75) is 75.5 Å². The molecule has 0 unspecified atom stereocenters. The molecule has 1 fully saturated rings. The monoisotopic (exact) mass is 582 g/mol. The molecule has 6 nitrogen and oxygen atoms in total. The van der Waals surface area contributed by atoms with Crippen molar-refractivity contribution in [3.8, 4) is 11.8 Å². The highest BCUT2D eigenvalue weighted by atomic mass is 79.9. The summed E-state index contributed by atoms with van der Waals surface area (Å²) in [6.45, 7) is 8.48. The molecule has 3 rings (SSSR count). The van der Waals surface area contributed by atoms with Gasteiger partial charge >= 0.3 is 6.09 Å². The van der Waals surface area contributed by atoms with Crippen LogP contribution in [-0.2, 0) is 21.0 Å². The molecule has 1 heterocycles. The third-order valence-electron chi connectivity index (χ3n) is 5.41. The molecule has 0 spiro atoms. The quantitative estimate of drug-likeness (QED) is 0.445. The second-order valence-corrected chi connectivity index (χ2v) is 14.0. The molecule has 1 aromatic carbocycles. The number of aromatic nitrogens is 1. The summed E-state index contributed by atoms with van der Waals surface area (Å²) in [4.78, 5) is 17.1. The first-order valence-corrected chi connectivity index (χ1v) is 13.8. The van der Waals surface area contributed by atoms with Crippen molar-refractivity contribution in [3.63, 3.8) is 0 Å². The SMILES string of the molecule is CC(C)(C)NC(=O)O[C@@H](Cc1cc(F)cc(F)c1)c1nc(C#CC(C)(C)S(=O)(=O)C2CC2)ccc1Br. The normalized spacial score (nSPS) is 15.0. The lowest BCUT2D eigenvalue weighted by atomic mass is 10.0. The van der Waals surface area contributed by atoms with Gasteiger partial charge in [0.15, 0.2) is 15.9 Å². The van der Waals surface area contributed by atoms with Gasteiger partial charge in [0.25, 0.3) is 0 Å². The van der Waals surface area contributed by atoms with Gasteiger partial charge in [-0.15, -0.1) is 0 Å². The third kappa shape index (κ3) is 7.26. The van der Waals surface area contributed by atoms with Crippen molar-refractivity contribution in [1.29, 1.82) is 0 Å². The average Bonchev–Trinajstić information content (AvgIpc) is 3.56. The lowest BCUT2D eigenvalue weighted by Crippen LogP contribution is -2.41. The summed E-state index contributed by atoms with van der Waals surface area (Å²) < 4.78 is 57.9. The van der Waals surface area contributed by atoms with E-state index in [-0.39, 0.29) is 28.6 Å². The number of hydrogen-bond acceptors (Lipinski definition) is 5. The number of rotatable bonds is 6. The summed E-state index contributed by atoms with van der Waals surface area (Å²) in [5.41, 5.74) is 0.229. The highest BCUT2D eigenvalue weighted by molar-refractivity contribution is 9.10. The van der Waals surface area contributed by atoms with Crippen molar-refractivity contribution < 1.29 is 26.7 Å². The lowest BCUT2D eigenvalue weighted by molar-refractivity contribution is 0.0884. The number of hydrogen-bond donors (Lipinski definition) is 1. The second-order valence-electron chi connectivity index (χ2n) is 10.3. The van der Waals surface area contributed by atoms with Gasteiger partial charge in [-0.05, 0) is 99.1 Å². The Hall–Kier alpha value is -2.51. The molecule has 0 aliphatic heterocycles. The molecule has 1 aromatic heterocycles. The first-order chi connectivity index (χ1) is 16.6. The number of amides is 1. The van der Waals surface area contributed by atoms with Gasteiger partial charge in [0.2, 0.25) is 0 Å². The molecule has 10 heteroatoms. The Morgan fingerprint density at radius 2 is 1.78 bits per heavy atom. The third-order valence-corrected chi connectivity index (χ3v) is 8.96. The van der Waals surface area contributed by atoms with Crippen LogP contribution in [0, 0.1) is 23.5 Å². The number of carbonyl (C=O) groups excluding carboxylic acids is 1. The molecule has 194 valence electrons. The molecule has 1 N–H and O–H groups in total. The number of benzene rings is 1. The molecule has 0 radical (unpaired) electrons. The number of sulfone groups is 1. The second kappa shape index (κ2) is 10.5. The molecular weight excluding hydrogens is 554 g/mol. The van der Waals surface area contributed by atoms with Crippen LogP contribution in [0.3, 0.4) is 0 Å². The first kappa shape index (κ1) is 28.1. The van der Waals surface area contributed by atoms with Crippen LogP contribution in [0.25, 0.3) is 0 Å². The number of nitrogens with zero attached hydrogens (tertiary/aromatic N) is 1. The summed E-state index contributed by atoms with van der Waals surface area (Å²) in [6.07, 6.45) is -0.523. The number of halogens is 3. The van der Waals surface area contributed by atoms with Crippen molar-refractivity contribution in [1.82, 2.24) is 10.3 Å². The van der Waals surface area contributed by atoms with Crippen LogP contribution in [0.2, 0.25) is 0 Å². The van der Waals surface area contributed by atoms with Crippen molar-refractivity contribution in [2.24, 2.45) is 0 Å². The molecule has 1 atom stereocenters. The zero-order valence-corrected chi connectivity index (χ0v) is 23.2. The van der Waals surface area contributed by atoms with Crippen molar-refractivity contribution >= 4 is 31.9 Å². The summed E-state index contributed by atoms with van der Waals surface area (Å²) in [7, 11) is -3.41. The Morgan fingerprint density at radius 1 is 1.17 bits per heavy atom. The molecule has 1 aliphatic carbocycles. The van der Waals surface area contributed by atoms with E-state index in [0.717, 1.165) is 18.2 Å². The molecular formula is C26H29BrF2N2O4S. The number of carbonyl (C=O) groups is 1. The Labute approximate surface area is 219 Å². The van der Waals surface area contributed by atoms with Gasteiger partial charge in [-0.2, -0.15) is 0 Å². The van der Waals surface area contributed by atoms with Crippen LogP contribution in [0.15, 0.2) is 34.8 Å². The van der Waals surface area contributed by atoms with Gasteiger partial charge in [-0.1, -0.05) is 5.92 Å².